The standard InChI is InChI=1S/C21H18ClFN6O2S/c1-11-3-5-12(6-4-11)19-26-20(31-28-19)17-18(24)29(27-21(17)32-2)10-16(30)25-13-7-8-15(23)14(22)9-13/h3-9H,10,24H2,1-2H3,(H,25,30). The van der Waals surface area contributed by atoms with Crippen LogP contribution < -0.4 is 11.1 Å². The van der Waals surface area contributed by atoms with Gasteiger partial charge in [-0.05, 0) is 31.4 Å². The molecule has 0 spiro atoms. The SMILES string of the molecule is CSc1nn(CC(=O)Nc2ccc(F)c(Cl)c2)c(N)c1-c1nc(-c2ccc(C)cc2)no1. The Balaban J connectivity index is 1.57. The molecule has 4 aromatic rings. The van der Waals surface area contributed by atoms with E-state index in [1.807, 2.05) is 37.4 Å². The van der Waals surface area contributed by atoms with E-state index in [9.17, 15) is 9.18 Å². The second-order valence-electron chi connectivity index (χ2n) is 6.89. The van der Waals surface area contributed by atoms with Crippen LogP contribution in [0.4, 0.5) is 15.9 Å². The van der Waals surface area contributed by atoms with E-state index in [1.54, 1.807) is 0 Å². The van der Waals surface area contributed by atoms with Gasteiger partial charge in [0, 0.05) is 11.3 Å². The van der Waals surface area contributed by atoms with Crippen LogP contribution in [0.3, 0.4) is 0 Å². The average molecular weight is 473 g/mol. The number of rotatable bonds is 6. The number of halogens is 2. The number of nitrogens with zero attached hydrogens (tertiary/aromatic N) is 4. The second kappa shape index (κ2) is 9.01. The fraction of sp³-hybridized carbons (Fsp3) is 0.143. The molecule has 0 aliphatic rings. The molecule has 0 atom stereocenters. The number of amides is 1. The molecule has 0 fully saturated rings. The van der Waals surface area contributed by atoms with Crippen LogP contribution in [0.15, 0.2) is 52.0 Å². The molecule has 0 unspecified atom stereocenters. The van der Waals surface area contributed by atoms with Gasteiger partial charge in [0.05, 0.1) is 5.02 Å². The van der Waals surface area contributed by atoms with E-state index < -0.39 is 11.7 Å². The van der Waals surface area contributed by atoms with E-state index >= 15 is 0 Å². The highest BCUT2D eigenvalue weighted by molar-refractivity contribution is 7.98. The Morgan fingerprint density at radius 3 is 2.72 bits per heavy atom. The Morgan fingerprint density at radius 2 is 2.03 bits per heavy atom. The van der Waals surface area contributed by atoms with Gasteiger partial charge in [-0.15, -0.1) is 11.8 Å². The molecule has 0 aliphatic heterocycles. The van der Waals surface area contributed by atoms with Crippen LogP contribution in [-0.2, 0) is 11.3 Å². The van der Waals surface area contributed by atoms with E-state index in [4.69, 9.17) is 21.9 Å². The zero-order valence-electron chi connectivity index (χ0n) is 17.1. The van der Waals surface area contributed by atoms with Crippen LogP contribution in [-0.4, -0.2) is 32.1 Å². The number of benzene rings is 2. The molecule has 1 amide bonds. The number of nitrogen functional groups attached to an aromatic ring is 1. The van der Waals surface area contributed by atoms with E-state index in [0.717, 1.165) is 11.1 Å². The Kier molecular flexibility index (Phi) is 6.15. The highest BCUT2D eigenvalue weighted by Crippen LogP contribution is 2.35. The Morgan fingerprint density at radius 1 is 1.28 bits per heavy atom. The molecular weight excluding hydrogens is 455 g/mol. The maximum absolute atomic E-state index is 13.3. The first-order valence-corrected chi connectivity index (χ1v) is 11.0. The van der Waals surface area contributed by atoms with Crippen molar-refractivity contribution in [3.05, 3.63) is 58.9 Å². The van der Waals surface area contributed by atoms with Crippen molar-refractivity contribution in [2.24, 2.45) is 0 Å². The highest BCUT2D eigenvalue weighted by Gasteiger charge is 2.24. The van der Waals surface area contributed by atoms with E-state index in [-0.39, 0.29) is 23.3 Å². The summed E-state index contributed by atoms with van der Waals surface area (Å²) in [5, 5.41) is 11.5. The average Bonchev–Trinajstić information content (AvgIpc) is 3.36. The normalized spacial score (nSPS) is 11.0. The summed E-state index contributed by atoms with van der Waals surface area (Å²) in [6, 6.07) is 11.6. The fourth-order valence-corrected chi connectivity index (χ4v) is 3.73. The summed E-state index contributed by atoms with van der Waals surface area (Å²) in [6.07, 6.45) is 1.83. The van der Waals surface area contributed by atoms with Gasteiger partial charge in [0.25, 0.3) is 5.89 Å². The number of anilines is 2. The van der Waals surface area contributed by atoms with Crippen molar-refractivity contribution < 1.29 is 13.7 Å². The van der Waals surface area contributed by atoms with Crippen molar-refractivity contribution in [1.82, 2.24) is 19.9 Å². The topological polar surface area (TPSA) is 112 Å². The molecule has 32 heavy (non-hydrogen) atoms. The van der Waals surface area contributed by atoms with Crippen LogP contribution in [0.1, 0.15) is 5.56 Å². The molecular formula is C21H18ClFN6O2S. The first kappa shape index (κ1) is 21.8. The number of aryl methyl sites for hydroxylation is 1. The van der Waals surface area contributed by atoms with Crippen LogP contribution in [0.5, 0.6) is 0 Å². The van der Waals surface area contributed by atoms with Crippen molar-refractivity contribution in [1.29, 1.82) is 0 Å². The first-order valence-electron chi connectivity index (χ1n) is 9.42. The predicted octanol–water partition coefficient (Wildman–Crippen LogP) is 4.64. The summed E-state index contributed by atoms with van der Waals surface area (Å²) in [5.74, 6) is -0.142. The highest BCUT2D eigenvalue weighted by atomic mass is 35.5. The van der Waals surface area contributed by atoms with E-state index in [0.29, 0.717) is 22.1 Å². The van der Waals surface area contributed by atoms with Gasteiger partial charge in [0.2, 0.25) is 11.7 Å². The number of nitrogens with two attached hydrogens (primary N) is 1. The Hall–Kier alpha value is -3.37. The minimum Gasteiger partial charge on any atom is -0.383 e. The zero-order valence-corrected chi connectivity index (χ0v) is 18.7. The van der Waals surface area contributed by atoms with Crippen molar-refractivity contribution >= 4 is 40.8 Å². The van der Waals surface area contributed by atoms with Crippen molar-refractivity contribution in [3.8, 4) is 22.8 Å². The number of thioether (sulfide) groups is 1. The number of nitrogens with one attached hydrogen (secondary N) is 1. The van der Waals surface area contributed by atoms with E-state index in [2.05, 4.69) is 20.6 Å². The molecule has 164 valence electrons. The third kappa shape index (κ3) is 4.46. The van der Waals surface area contributed by atoms with Crippen molar-refractivity contribution in [2.45, 2.75) is 18.5 Å². The molecule has 8 nitrogen and oxygen atoms in total. The first-order chi connectivity index (χ1) is 15.4. The lowest BCUT2D eigenvalue weighted by atomic mass is 10.1. The lowest BCUT2D eigenvalue weighted by molar-refractivity contribution is -0.116. The molecule has 0 radical (unpaired) electrons. The molecule has 0 saturated heterocycles. The number of carbonyl (C=O) groups is 1. The molecule has 2 aromatic carbocycles. The molecule has 3 N–H and O–H groups in total. The smallest absolute Gasteiger partial charge is 0.264 e. The largest absolute Gasteiger partial charge is 0.383 e. The number of aromatic nitrogens is 4. The van der Waals surface area contributed by atoms with Crippen LogP contribution in [0.2, 0.25) is 5.02 Å². The minimum atomic E-state index is -0.570. The number of hydrogen-bond acceptors (Lipinski definition) is 7. The van der Waals surface area contributed by atoms with Gasteiger partial charge < -0.3 is 15.6 Å². The van der Waals surface area contributed by atoms with Gasteiger partial charge >= 0.3 is 0 Å². The second-order valence-corrected chi connectivity index (χ2v) is 8.10. The molecule has 4 rings (SSSR count). The summed E-state index contributed by atoms with van der Waals surface area (Å²) in [7, 11) is 0. The summed E-state index contributed by atoms with van der Waals surface area (Å²) < 4.78 is 20.1. The van der Waals surface area contributed by atoms with Gasteiger partial charge in [0.1, 0.15) is 28.8 Å². The third-order valence-electron chi connectivity index (χ3n) is 4.60. The molecule has 0 aliphatic carbocycles. The third-order valence-corrected chi connectivity index (χ3v) is 5.56. The summed E-state index contributed by atoms with van der Waals surface area (Å²) in [4.78, 5) is 16.9. The summed E-state index contributed by atoms with van der Waals surface area (Å²) in [6.45, 7) is 1.82. The Bertz CT molecular complexity index is 1290. The lowest BCUT2D eigenvalue weighted by Gasteiger charge is -2.07. The molecule has 11 heteroatoms. The molecule has 0 bridgehead atoms. The van der Waals surface area contributed by atoms with Crippen LogP contribution in [0, 0.1) is 12.7 Å². The van der Waals surface area contributed by atoms with Gasteiger partial charge in [0.15, 0.2) is 0 Å². The molecule has 2 heterocycles. The monoisotopic (exact) mass is 472 g/mol. The maximum atomic E-state index is 13.3. The van der Waals surface area contributed by atoms with Crippen LogP contribution >= 0.6 is 23.4 Å². The van der Waals surface area contributed by atoms with Gasteiger partial charge in [-0.1, -0.05) is 46.6 Å². The van der Waals surface area contributed by atoms with Gasteiger partial charge in [-0.25, -0.2) is 9.07 Å². The van der Waals surface area contributed by atoms with E-state index in [1.165, 1.54) is 34.6 Å². The van der Waals surface area contributed by atoms with Crippen LogP contribution in [0.25, 0.3) is 22.8 Å². The van der Waals surface area contributed by atoms with Gasteiger partial charge in [-0.3, -0.25) is 4.79 Å². The van der Waals surface area contributed by atoms with Gasteiger partial charge in [-0.2, -0.15) is 10.1 Å². The zero-order chi connectivity index (χ0) is 22.8. The Labute approximate surface area is 191 Å². The quantitative estimate of drug-likeness (QED) is 0.393. The number of carbonyl (C=O) groups excluding carboxylic acids is 1. The molecule has 0 saturated carbocycles. The number of hydrogen-bond donors (Lipinski definition) is 2. The molecule has 2 aromatic heterocycles. The fourth-order valence-electron chi connectivity index (χ4n) is 2.97. The predicted molar refractivity (Wildman–Crippen MR) is 122 cm³/mol. The van der Waals surface area contributed by atoms with Crippen molar-refractivity contribution in [2.75, 3.05) is 17.3 Å². The summed E-state index contributed by atoms with van der Waals surface area (Å²) >= 11 is 7.09. The van der Waals surface area contributed by atoms with Crippen molar-refractivity contribution in [3.63, 3.8) is 0 Å². The lowest BCUT2D eigenvalue weighted by Crippen LogP contribution is -2.20. The minimum absolute atomic E-state index is 0.0888. The maximum Gasteiger partial charge on any atom is 0.264 e. The summed E-state index contributed by atoms with van der Waals surface area (Å²) in [5.41, 5.74) is 9.02.